The fourth-order valence-corrected chi connectivity index (χ4v) is 7.47. The van der Waals surface area contributed by atoms with Gasteiger partial charge in [0, 0.05) is 11.3 Å². The highest BCUT2D eigenvalue weighted by Crippen LogP contribution is 2.41. The molecule has 0 bridgehead atoms. The van der Waals surface area contributed by atoms with Crippen LogP contribution in [0.15, 0.2) is 47.5 Å². The minimum Gasteiger partial charge on any atom is -0.313 e. The quantitative estimate of drug-likeness (QED) is 0.740. The van der Waals surface area contributed by atoms with Crippen LogP contribution in [0.1, 0.15) is 11.1 Å². The molecule has 2 heterocycles. The molecule has 9 heteroatoms. The average molecular weight is 437 g/mol. The lowest BCUT2D eigenvalue weighted by Gasteiger charge is -2.24. The number of carbonyl (C=O) groups is 1. The first-order valence-corrected chi connectivity index (χ1v) is 11.7. The Hall–Kier alpha value is -2.26. The summed E-state index contributed by atoms with van der Waals surface area (Å²) in [4.78, 5) is 18.1. The average Bonchev–Trinajstić information content (AvgIpc) is 3.08. The van der Waals surface area contributed by atoms with Crippen molar-refractivity contribution in [3.8, 4) is 0 Å². The van der Waals surface area contributed by atoms with Crippen LogP contribution in [0.4, 0.5) is 14.5 Å². The van der Waals surface area contributed by atoms with E-state index in [1.165, 1.54) is 11.0 Å². The number of hydrogen-bond acceptors (Lipinski definition) is 4. The number of hydrogen-bond donors (Lipinski definition) is 0. The summed E-state index contributed by atoms with van der Waals surface area (Å²) in [5.74, 6) is -2.19. The van der Waals surface area contributed by atoms with Crippen LogP contribution in [0.25, 0.3) is 0 Å². The van der Waals surface area contributed by atoms with Crippen LogP contribution in [0.3, 0.4) is 0 Å². The Morgan fingerprint density at radius 2 is 1.90 bits per heavy atom. The van der Waals surface area contributed by atoms with Crippen LogP contribution in [0.5, 0.6) is 0 Å². The number of nitrogens with zero attached hydrogens (tertiary/aromatic N) is 2. The molecular weight excluding hydrogens is 418 g/mol. The number of rotatable bonds is 3. The van der Waals surface area contributed by atoms with E-state index in [2.05, 4.69) is 4.99 Å². The van der Waals surface area contributed by atoms with Crippen molar-refractivity contribution in [3.05, 3.63) is 65.2 Å². The minimum atomic E-state index is -3.27. The van der Waals surface area contributed by atoms with E-state index in [1.807, 2.05) is 31.2 Å². The molecule has 5 nitrogen and oxygen atoms in total. The largest absolute Gasteiger partial charge is 0.313 e. The van der Waals surface area contributed by atoms with E-state index in [9.17, 15) is 22.0 Å². The van der Waals surface area contributed by atoms with Gasteiger partial charge in [0.2, 0.25) is 0 Å². The number of anilines is 1. The third-order valence-electron chi connectivity index (χ3n) is 4.93. The molecule has 4 rings (SSSR count). The van der Waals surface area contributed by atoms with Gasteiger partial charge in [0.05, 0.1) is 29.7 Å². The molecule has 2 fully saturated rings. The van der Waals surface area contributed by atoms with Crippen LogP contribution in [0, 0.1) is 18.6 Å². The maximum atomic E-state index is 14.5. The summed E-state index contributed by atoms with van der Waals surface area (Å²) in [6.07, 6.45) is 0.0811. The predicted octanol–water partition coefficient (Wildman–Crippen LogP) is 3.12. The van der Waals surface area contributed by atoms with Gasteiger partial charge in [0.1, 0.15) is 11.6 Å². The van der Waals surface area contributed by atoms with E-state index in [0.29, 0.717) is 0 Å². The van der Waals surface area contributed by atoms with Crippen molar-refractivity contribution in [2.75, 3.05) is 16.4 Å². The highest BCUT2D eigenvalue weighted by molar-refractivity contribution is 8.16. The summed E-state index contributed by atoms with van der Waals surface area (Å²) in [5, 5.41) is -0.104. The SMILES string of the molecule is Cc1ccc(CC(=O)N=C2S[C@@H]3CS(=O)(=O)C[C@H]3N2c2ccc(F)cc2F)cc1. The van der Waals surface area contributed by atoms with Crippen LogP contribution in [0.2, 0.25) is 0 Å². The molecule has 0 saturated carbocycles. The fraction of sp³-hybridized carbons (Fsp3) is 0.300. The number of sulfone groups is 1. The summed E-state index contributed by atoms with van der Waals surface area (Å²) in [7, 11) is -3.27. The second kappa shape index (κ2) is 7.53. The number of halogens is 2. The lowest BCUT2D eigenvalue weighted by atomic mass is 10.1. The Balaban J connectivity index is 1.66. The summed E-state index contributed by atoms with van der Waals surface area (Å²) >= 11 is 1.16. The third kappa shape index (κ3) is 4.20. The summed E-state index contributed by atoms with van der Waals surface area (Å²) in [5.41, 5.74) is 1.89. The number of thioether (sulfide) groups is 1. The van der Waals surface area contributed by atoms with Crippen molar-refractivity contribution in [2.24, 2.45) is 4.99 Å². The Kier molecular flexibility index (Phi) is 5.20. The van der Waals surface area contributed by atoms with Gasteiger partial charge in [0.25, 0.3) is 5.91 Å². The Morgan fingerprint density at radius 3 is 2.59 bits per heavy atom. The Morgan fingerprint density at radius 1 is 1.17 bits per heavy atom. The van der Waals surface area contributed by atoms with Gasteiger partial charge in [-0.3, -0.25) is 4.79 Å². The van der Waals surface area contributed by atoms with Crippen molar-refractivity contribution in [1.29, 1.82) is 0 Å². The normalized spacial score (nSPS) is 24.1. The molecule has 2 atom stereocenters. The van der Waals surface area contributed by atoms with Gasteiger partial charge in [0.15, 0.2) is 15.0 Å². The lowest BCUT2D eigenvalue weighted by molar-refractivity contribution is -0.117. The smallest absolute Gasteiger partial charge is 0.252 e. The van der Waals surface area contributed by atoms with Crippen LogP contribution in [-0.4, -0.2) is 42.3 Å². The van der Waals surface area contributed by atoms with E-state index < -0.39 is 33.4 Å². The van der Waals surface area contributed by atoms with Crippen molar-refractivity contribution in [3.63, 3.8) is 0 Å². The lowest BCUT2D eigenvalue weighted by Crippen LogP contribution is -2.38. The van der Waals surface area contributed by atoms with E-state index >= 15 is 0 Å². The number of benzene rings is 2. The van der Waals surface area contributed by atoms with Gasteiger partial charge in [-0.15, -0.1) is 0 Å². The number of amidine groups is 1. The monoisotopic (exact) mass is 436 g/mol. The fourth-order valence-electron chi connectivity index (χ4n) is 3.55. The van der Waals surface area contributed by atoms with Gasteiger partial charge < -0.3 is 4.90 Å². The molecule has 2 aliphatic rings. The van der Waals surface area contributed by atoms with E-state index in [1.54, 1.807) is 0 Å². The zero-order chi connectivity index (χ0) is 20.8. The zero-order valence-corrected chi connectivity index (χ0v) is 17.1. The molecule has 0 N–H and O–H groups in total. The Labute approximate surface area is 171 Å². The maximum absolute atomic E-state index is 14.5. The summed E-state index contributed by atoms with van der Waals surface area (Å²) < 4.78 is 51.9. The maximum Gasteiger partial charge on any atom is 0.252 e. The zero-order valence-electron chi connectivity index (χ0n) is 15.5. The van der Waals surface area contributed by atoms with Crippen molar-refractivity contribution >= 4 is 38.4 Å². The van der Waals surface area contributed by atoms with Gasteiger partial charge in [-0.05, 0) is 24.6 Å². The van der Waals surface area contributed by atoms with Crippen molar-refractivity contribution in [2.45, 2.75) is 24.6 Å². The number of aliphatic imine (C=N–C) groups is 1. The molecule has 2 aliphatic heterocycles. The molecule has 2 aromatic carbocycles. The van der Waals surface area contributed by atoms with Crippen LogP contribution < -0.4 is 4.90 Å². The second-order valence-electron chi connectivity index (χ2n) is 7.22. The molecule has 2 saturated heterocycles. The molecule has 2 aromatic rings. The molecule has 0 radical (unpaired) electrons. The Bertz CT molecular complexity index is 1100. The summed E-state index contributed by atoms with van der Waals surface area (Å²) in [6.45, 7) is 1.95. The number of carbonyl (C=O) groups excluding carboxylic acids is 1. The second-order valence-corrected chi connectivity index (χ2v) is 10.6. The highest BCUT2D eigenvalue weighted by Gasteiger charge is 2.50. The van der Waals surface area contributed by atoms with Gasteiger partial charge in [-0.1, -0.05) is 41.6 Å². The van der Waals surface area contributed by atoms with Gasteiger partial charge >= 0.3 is 0 Å². The van der Waals surface area contributed by atoms with Crippen LogP contribution in [-0.2, 0) is 21.1 Å². The molecule has 0 spiro atoms. The molecule has 1 amide bonds. The molecule has 0 aromatic heterocycles. The molecule has 0 aliphatic carbocycles. The van der Waals surface area contributed by atoms with E-state index in [0.717, 1.165) is 35.0 Å². The minimum absolute atomic E-state index is 0.0189. The standard InChI is InChI=1S/C20H18F2N2O3S2/c1-12-2-4-13(5-3-12)8-19(25)23-20-24(16-7-6-14(21)9-15(16)22)17-10-29(26,27)11-18(17)28-20/h2-7,9,17-18H,8,10-11H2,1H3/t17-,18-/m1/s1. The molecule has 152 valence electrons. The topological polar surface area (TPSA) is 66.8 Å². The predicted molar refractivity (Wildman–Crippen MR) is 110 cm³/mol. The first-order valence-electron chi connectivity index (χ1n) is 9.00. The summed E-state index contributed by atoms with van der Waals surface area (Å²) in [6, 6.07) is 10.0. The first-order chi connectivity index (χ1) is 13.7. The van der Waals surface area contributed by atoms with Gasteiger partial charge in [-0.2, -0.15) is 4.99 Å². The number of amides is 1. The third-order valence-corrected chi connectivity index (χ3v) is 8.14. The van der Waals surface area contributed by atoms with Gasteiger partial charge in [-0.25, -0.2) is 17.2 Å². The van der Waals surface area contributed by atoms with Crippen molar-refractivity contribution in [1.82, 2.24) is 0 Å². The first kappa shape index (κ1) is 20.0. The molecule has 29 heavy (non-hydrogen) atoms. The number of fused-ring (bicyclic) bond motifs is 1. The van der Waals surface area contributed by atoms with E-state index in [4.69, 9.17) is 0 Å². The molecular formula is C20H18F2N2O3S2. The van der Waals surface area contributed by atoms with Crippen molar-refractivity contribution < 1.29 is 22.0 Å². The molecule has 0 unspecified atom stereocenters. The van der Waals surface area contributed by atoms with E-state index in [-0.39, 0.29) is 34.0 Å². The highest BCUT2D eigenvalue weighted by atomic mass is 32.2. The number of aryl methyl sites for hydroxylation is 1. The van der Waals surface area contributed by atoms with Crippen LogP contribution >= 0.6 is 11.8 Å².